The minimum absolute atomic E-state index is 0.387. The molecule has 14 heavy (non-hydrogen) atoms. The van der Waals surface area contributed by atoms with Crippen LogP contribution in [0.25, 0.3) is 0 Å². The number of carbonyl (C=O) groups is 1. The van der Waals surface area contributed by atoms with Gasteiger partial charge in [0.15, 0.2) is 6.10 Å². The van der Waals surface area contributed by atoms with Crippen molar-refractivity contribution in [2.45, 2.75) is 6.10 Å². The lowest BCUT2D eigenvalue weighted by Crippen LogP contribution is -2.41. The normalized spacial score (nSPS) is 23.5. The maximum Gasteiger partial charge on any atom is 0.328 e. The first-order valence-corrected chi connectivity index (χ1v) is 4.35. The monoisotopic (exact) mass is 196 g/mol. The van der Waals surface area contributed by atoms with Crippen LogP contribution in [0, 0.1) is 11.3 Å². The zero-order chi connectivity index (χ0) is 10.4. The van der Waals surface area contributed by atoms with E-state index in [1.54, 1.807) is 6.08 Å². The SMILES string of the molecule is N#CC1CN(C/C=C/C(=O)O)CCO1. The first-order valence-electron chi connectivity index (χ1n) is 4.35. The van der Waals surface area contributed by atoms with Gasteiger partial charge in [0.1, 0.15) is 0 Å². The minimum atomic E-state index is -0.949. The van der Waals surface area contributed by atoms with E-state index in [-0.39, 0.29) is 6.10 Å². The second-order valence-electron chi connectivity index (χ2n) is 2.99. The number of nitriles is 1. The Labute approximate surface area is 82.2 Å². The molecule has 1 unspecified atom stereocenters. The van der Waals surface area contributed by atoms with E-state index in [0.29, 0.717) is 19.7 Å². The molecule has 0 radical (unpaired) electrons. The van der Waals surface area contributed by atoms with Gasteiger partial charge >= 0.3 is 5.97 Å². The molecule has 0 aliphatic carbocycles. The number of hydrogen-bond acceptors (Lipinski definition) is 4. The summed E-state index contributed by atoms with van der Waals surface area (Å²) in [5.41, 5.74) is 0. The third-order valence-corrected chi connectivity index (χ3v) is 1.92. The van der Waals surface area contributed by atoms with Crippen molar-refractivity contribution in [3.05, 3.63) is 12.2 Å². The van der Waals surface area contributed by atoms with Gasteiger partial charge in [-0.25, -0.2) is 4.79 Å². The van der Waals surface area contributed by atoms with Gasteiger partial charge in [0.05, 0.1) is 12.7 Å². The van der Waals surface area contributed by atoms with Gasteiger partial charge in [-0.3, -0.25) is 4.90 Å². The molecule has 1 fully saturated rings. The number of carboxylic acid groups (broad SMARTS) is 1. The summed E-state index contributed by atoms with van der Waals surface area (Å²) in [6.07, 6.45) is 2.29. The van der Waals surface area contributed by atoms with E-state index in [2.05, 4.69) is 0 Å². The number of nitrogens with zero attached hydrogens (tertiary/aromatic N) is 2. The fraction of sp³-hybridized carbons (Fsp3) is 0.556. The van der Waals surface area contributed by atoms with E-state index in [1.165, 1.54) is 0 Å². The highest BCUT2D eigenvalue weighted by Gasteiger charge is 2.18. The Hall–Kier alpha value is -1.38. The lowest BCUT2D eigenvalue weighted by atomic mass is 10.3. The Kier molecular flexibility index (Phi) is 4.11. The topological polar surface area (TPSA) is 73.6 Å². The van der Waals surface area contributed by atoms with Crippen LogP contribution in [0.15, 0.2) is 12.2 Å². The van der Waals surface area contributed by atoms with Crippen molar-refractivity contribution in [2.24, 2.45) is 0 Å². The van der Waals surface area contributed by atoms with Crippen LogP contribution in [0.3, 0.4) is 0 Å². The Morgan fingerprint density at radius 3 is 3.21 bits per heavy atom. The number of ether oxygens (including phenoxy) is 1. The molecule has 0 saturated carbocycles. The zero-order valence-corrected chi connectivity index (χ0v) is 7.72. The number of rotatable bonds is 3. The van der Waals surface area contributed by atoms with Crippen molar-refractivity contribution in [1.82, 2.24) is 4.90 Å². The maximum absolute atomic E-state index is 10.2. The van der Waals surface area contributed by atoms with Crippen LogP contribution < -0.4 is 0 Å². The minimum Gasteiger partial charge on any atom is -0.478 e. The van der Waals surface area contributed by atoms with E-state index < -0.39 is 5.97 Å². The van der Waals surface area contributed by atoms with Gasteiger partial charge in [0.25, 0.3) is 0 Å². The predicted molar refractivity (Wildman–Crippen MR) is 48.6 cm³/mol. The van der Waals surface area contributed by atoms with Crippen LogP contribution in [-0.2, 0) is 9.53 Å². The predicted octanol–water partition coefficient (Wildman–Crippen LogP) is -0.148. The van der Waals surface area contributed by atoms with Crippen LogP contribution >= 0.6 is 0 Å². The zero-order valence-electron chi connectivity index (χ0n) is 7.72. The van der Waals surface area contributed by atoms with Crippen LogP contribution in [0.1, 0.15) is 0 Å². The highest BCUT2D eigenvalue weighted by Crippen LogP contribution is 2.03. The quantitative estimate of drug-likeness (QED) is 0.635. The van der Waals surface area contributed by atoms with Crippen molar-refractivity contribution < 1.29 is 14.6 Å². The average Bonchev–Trinajstić information content (AvgIpc) is 2.18. The second-order valence-corrected chi connectivity index (χ2v) is 2.99. The molecular formula is C9H12N2O3. The smallest absolute Gasteiger partial charge is 0.328 e. The molecule has 1 aliphatic rings. The molecule has 0 amide bonds. The summed E-state index contributed by atoms with van der Waals surface area (Å²) in [5.74, 6) is -0.949. The first-order chi connectivity index (χ1) is 6.72. The molecule has 1 aliphatic heterocycles. The first kappa shape index (κ1) is 10.7. The third-order valence-electron chi connectivity index (χ3n) is 1.92. The number of carboxylic acids is 1. The van der Waals surface area contributed by atoms with E-state index in [0.717, 1.165) is 12.6 Å². The van der Waals surface area contributed by atoms with Gasteiger partial charge in [0, 0.05) is 25.7 Å². The summed E-state index contributed by atoms with van der Waals surface area (Å²) < 4.78 is 5.14. The largest absolute Gasteiger partial charge is 0.478 e. The number of hydrogen-bond donors (Lipinski definition) is 1. The molecule has 0 spiro atoms. The van der Waals surface area contributed by atoms with Crippen LogP contribution in [0.2, 0.25) is 0 Å². The standard InChI is InChI=1S/C9H12N2O3/c10-6-8-7-11(4-5-14-8)3-1-2-9(12)13/h1-2,8H,3-5,7H2,(H,12,13)/b2-1+. The molecule has 1 rings (SSSR count). The summed E-state index contributed by atoms with van der Waals surface area (Å²) in [4.78, 5) is 12.2. The Morgan fingerprint density at radius 1 is 1.79 bits per heavy atom. The summed E-state index contributed by atoms with van der Waals surface area (Å²) in [6.45, 7) is 2.36. The van der Waals surface area contributed by atoms with Crippen LogP contribution in [0.4, 0.5) is 0 Å². The van der Waals surface area contributed by atoms with Gasteiger partial charge in [0.2, 0.25) is 0 Å². The fourth-order valence-corrected chi connectivity index (χ4v) is 1.25. The van der Waals surface area contributed by atoms with Gasteiger partial charge in [-0.15, -0.1) is 0 Å². The van der Waals surface area contributed by atoms with E-state index in [4.69, 9.17) is 15.1 Å². The van der Waals surface area contributed by atoms with Crippen molar-refractivity contribution in [2.75, 3.05) is 26.2 Å². The van der Waals surface area contributed by atoms with Crippen molar-refractivity contribution in [1.29, 1.82) is 5.26 Å². The van der Waals surface area contributed by atoms with E-state index >= 15 is 0 Å². The molecule has 0 aromatic rings. The van der Waals surface area contributed by atoms with Crippen molar-refractivity contribution in [3.63, 3.8) is 0 Å². The third kappa shape index (κ3) is 3.56. The van der Waals surface area contributed by atoms with Crippen LogP contribution in [-0.4, -0.2) is 48.3 Å². The Morgan fingerprint density at radius 2 is 2.57 bits per heavy atom. The highest BCUT2D eigenvalue weighted by molar-refractivity contribution is 5.79. The van der Waals surface area contributed by atoms with Crippen LogP contribution in [0.5, 0.6) is 0 Å². The van der Waals surface area contributed by atoms with Gasteiger partial charge in [-0.2, -0.15) is 5.26 Å². The van der Waals surface area contributed by atoms with E-state index in [9.17, 15) is 4.79 Å². The molecule has 1 atom stereocenters. The summed E-state index contributed by atoms with van der Waals surface area (Å²) in [5, 5.41) is 17.0. The molecule has 5 nitrogen and oxygen atoms in total. The molecule has 1 N–H and O–H groups in total. The second kappa shape index (κ2) is 5.37. The van der Waals surface area contributed by atoms with Gasteiger partial charge in [-0.05, 0) is 0 Å². The summed E-state index contributed by atoms with van der Waals surface area (Å²) in [6, 6.07) is 2.03. The molecule has 0 bridgehead atoms. The summed E-state index contributed by atoms with van der Waals surface area (Å²) in [7, 11) is 0. The molecule has 1 saturated heterocycles. The summed E-state index contributed by atoms with van der Waals surface area (Å²) >= 11 is 0. The molecule has 1 heterocycles. The fourth-order valence-electron chi connectivity index (χ4n) is 1.25. The molecule has 5 heteroatoms. The van der Waals surface area contributed by atoms with Gasteiger partial charge in [-0.1, -0.05) is 6.08 Å². The number of morpholine rings is 1. The number of aliphatic carboxylic acids is 1. The lowest BCUT2D eigenvalue weighted by molar-refractivity contribution is -0.131. The van der Waals surface area contributed by atoms with Crippen molar-refractivity contribution >= 4 is 5.97 Å². The molecule has 0 aromatic heterocycles. The van der Waals surface area contributed by atoms with E-state index in [1.807, 2.05) is 11.0 Å². The Bertz CT molecular complexity index is 270. The lowest BCUT2D eigenvalue weighted by Gasteiger charge is -2.28. The molecular weight excluding hydrogens is 184 g/mol. The van der Waals surface area contributed by atoms with Gasteiger partial charge < -0.3 is 9.84 Å². The van der Waals surface area contributed by atoms with Crippen molar-refractivity contribution in [3.8, 4) is 6.07 Å². The molecule has 0 aromatic carbocycles. The maximum atomic E-state index is 10.2. The average molecular weight is 196 g/mol. The highest BCUT2D eigenvalue weighted by atomic mass is 16.5. The Balaban J connectivity index is 2.31. The molecule has 76 valence electrons.